The van der Waals surface area contributed by atoms with E-state index in [-0.39, 0.29) is 11.9 Å². The van der Waals surface area contributed by atoms with E-state index >= 15 is 0 Å². The smallest absolute Gasteiger partial charge is 0.123 e. The van der Waals surface area contributed by atoms with Crippen LogP contribution in [0.2, 0.25) is 0 Å². The lowest BCUT2D eigenvalue weighted by Gasteiger charge is -2.19. The maximum atomic E-state index is 13.0. The standard InChI is InChI=1S/C12H16FNS/c1-9(14-12-5-6-15-8-12)10-3-2-4-11(13)7-10/h2-4,7,9,12,14H,5-6,8H2,1H3. The second-order valence-electron chi connectivity index (χ2n) is 4.00. The van der Waals surface area contributed by atoms with Crippen molar-refractivity contribution >= 4 is 11.8 Å². The first-order valence-electron chi connectivity index (χ1n) is 5.35. The second-order valence-corrected chi connectivity index (χ2v) is 5.15. The zero-order chi connectivity index (χ0) is 10.7. The third-order valence-corrected chi connectivity index (χ3v) is 3.93. The molecule has 1 aromatic rings. The van der Waals surface area contributed by atoms with E-state index < -0.39 is 0 Å². The van der Waals surface area contributed by atoms with E-state index in [4.69, 9.17) is 0 Å². The molecule has 1 aromatic carbocycles. The number of benzene rings is 1. The van der Waals surface area contributed by atoms with Gasteiger partial charge in [-0.3, -0.25) is 0 Å². The highest BCUT2D eigenvalue weighted by molar-refractivity contribution is 7.99. The number of thioether (sulfide) groups is 1. The first-order valence-corrected chi connectivity index (χ1v) is 6.50. The van der Waals surface area contributed by atoms with Crippen molar-refractivity contribution in [1.29, 1.82) is 0 Å². The van der Waals surface area contributed by atoms with Gasteiger partial charge in [0.1, 0.15) is 5.82 Å². The molecule has 1 heterocycles. The fraction of sp³-hybridized carbons (Fsp3) is 0.500. The van der Waals surface area contributed by atoms with Crippen LogP contribution in [0.3, 0.4) is 0 Å². The van der Waals surface area contributed by atoms with Crippen LogP contribution in [0.25, 0.3) is 0 Å². The van der Waals surface area contributed by atoms with Crippen molar-refractivity contribution in [2.45, 2.75) is 25.4 Å². The zero-order valence-electron chi connectivity index (χ0n) is 8.87. The molecule has 2 rings (SSSR count). The van der Waals surface area contributed by atoms with Crippen LogP contribution in [0.4, 0.5) is 4.39 Å². The third-order valence-electron chi connectivity index (χ3n) is 2.76. The topological polar surface area (TPSA) is 12.0 Å². The lowest BCUT2D eigenvalue weighted by Crippen LogP contribution is -2.31. The Morgan fingerprint density at radius 1 is 1.53 bits per heavy atom. The summed E-state index contributed by atoms with van der Waals surface area (Å²) in [6, 6.07) is 7.67. The largest absolute Gasteiger partial charge is 0.307 e. The molecular formula is C12H16FNS. The second kappa shape index (κ2) is 4.99. The van der Waals surface area contributed by atoms with Crippen LogP contribution in [0.15, 0.2) is 24.3 Å². The maximum absolute atomic E-state index is 13.0. The molecule has 2 atom stereocenters. The Balaban J connectivity index is 1.97. The molecule has 1 nitrogen and oxygen atoms in total. The van der Waals surface area contributed by atoms with Crippen LogP contribution in [0.1, 0.15) is 24.9 Å². The molecule has 3 heteroatoms. The van der Waals surface area contributed by atoms with Gasteiger partial charge in [0.05, 0.1) is 0 Å². The molecule has 0 bridgehead atoms. The highest BCUT2D eigenvalue weighted by atomic mass is 32.2. The lowest BCUT2D eigenvalue weighted by atomic mass is 10.1. The first kappa shape index (κ1) is 11.0. The Hall–Kier alpha value is -0.540. The molecule has 1 saturated heterocycles. The lowest BCUT2D eigenvalue weighted by molar-refractivity contribution is 0.484. The van der Waals surface area contributed by atoms with Crippen molar-refractivity contribution in [2.75, 3.05) is 11.5 Å². The molecule has 0 radical (unpaired) electrons. The molecule has 82 valence electrons. The van der Waals surface area contributed by atoms with Crippen molar-refractivity contribution in [3.8, 4) is 0 Å². The number of hydrogen-bond acceptors (Lipinski definition) is 2. The summed E-state index contributed by atoms with van der Waals surface area (Å²) in [7, 11) is 0. The minimum Gasteiger partial charge on any atom is -0.307 e. The highest BCUT2D eigenvalue weighted by Gasteiger charge is 2.17. The van der Waals surface area contributed by atoms with Gasteiger partial charge in [0.2, 0.25) is 0 Å². The molecule has 2 unspecified atom stereocenters. The summed E-state index contributed by atoms with van der Waals surface area (Å²) in [4.78, 5) is 0. The van der Waals surface area contributed by atoms with Gasteiger partial charge in [-0.25, -0.2) is 4.39 Å². The summed E-state index contributed by atoms with van der Waals surface area (Å²) in [6.07, 6.45) is 1.23. The van der Waals surface area contributed by atoms with Crippen molar-refractivity contribution < 1.29 is 4.39 Å². The molecule has 1 N–H and O–H groups in total. The van der Waals surface area contributed by atoms with Crippen LogP contribution in [0.5, 0.6) is 0 Å². The summed E-state index contributed by atoms with van der Waals surface area (Å²) in [6.45, 7) is 2.10. The van der Waals surface area contributed by atoms with Crippen LogP contribution < -0.4 is 5.32 Å². The van der Waals surface area contributed by atoms with E-state index in [1.165, 1.54) is 24.0 Å². The van der Waals surface area contributed by atoms with E-state index in [9.17, 15) is 4.39 Å². The Morgan fingerprint density at radius 3 is 3.07 bits per heavy atom. The predicted octanol–water partition coefficient (Wildman–Crippen LogP) is 2.98. The third kappa shape index (κ3) is 2.95. The Bertz CT molecular complexity index is 323. The molecule has 1 fully saturated rings. The van der Waals surface area contributed by atoms with Crippen molar-refractivity contribution in [2.24, 2.45) is 0 Å². The van der Waals surface area contributed by atoms with Crippen LogP contribution >= 0.6 is 11.8 Å². The Kier molecular flexibility index (Phi) is 3.65. The van der Waals surface area contributed by atoms with Crippen LogP contribution in [-0.4, -0.2) is 17.5 Å². The molecule has 0 aliphatic carbocycles. The zero-order valence-corrected chi connectivity index (χ0v) is 9.69. The maximum Gasteiger partial charge on any atom is 0.123 e. The molecular weight excluding hydrogens is 209 g/mol. The van der Waals surface area contributed by atoms with Gasteiger partial charge in [-0.05, 0) is 36.8 Å². The van der Waals surface area contributed by atoms with Gasteiger partial charge in [0, 0.05) is 17.8 Å². The molecule has 1 aliphatic heterocycles. The minimum atomic E-state index is -0.151. The van der Waals surface area contributed by atoms with E-state index in [2.05, 4.69) is 12.2 Å². The summed E-state index contributed by atoms with van der Waals surface area (Å²) < 4.78 is 13.0. The SMILES string of the molecule is CC(NC1CCSC1)c1cccc(F)c1. The number of rotatable bonds is 3. The van der Waals surface area contributed by atoms with Gasteiger partial charge in [-0.2, -0.15) is 11.8 Å². The van der Waals surface area contributed by atoms with Crippen LogP contribution in [-0.2, 0) is 0 Å². The van der Waals surface area contributed by atoms with E-state index in [0.717, 1.165) is 5.56 Å². The summed E-state index contributed by atoms with van der Waals surface area (Å²) in [5.74, 6) is 2.27. The fourth-order valence-corrected chi connectivity index (χ4v) is 3.06. The van der Waals surface area contributed by atoms with E-state index in [1.807, 2.05) is 17.8 Å². The van der Waals surface area contributed by atoms with Gasteiger partial charge < -0.3 is 5.32 Å². The predicted molar refractivity (Wildman–Crippen MR) is 63.7 cm³/mol. The van der Waals surface area contributed by atoms with Gasteiger partial charge in [-0.15, -0.1) is 0 Å². The van der Waals surface area contributed by atoms with Gasteiger partial charge in [0.15, 0.2) is 0 Å². The average molecular weight is 225 g/mol. The summed E-state index contributed by atoms with van der Waals surface area (Å²) in [5.41, 5.74) is 1.03. The Labute approximate surface area is 94.5 Å². The number of halogens is 1. The first-order chi connectivity index (χ1) is 7.25. The number of hydrogen-bond donors (Lipinski definition) is 1. The molecule has 0 amide bonds. The monoisotopic (exact) mass is 225 g/mol. The minimum absolute atomic E-state index is 0.151. The fourth-order valence-electron chi connectivity index (χ4n) is 1.89. The molecule has 1 aliphatic rings. The van der Waals surface area contributed by atoms with E-state index in [1.54, 1.807) is 12.1 Å². The van der Waals surface area contributed by atoms with Gasteiger partial charge in [-0.1, -0.05) is 12.1 Å². The Morgan fingerprint density at radius 2 is 2.40 bits per heavy atom. The normalized spacial score (nSPS) is 22.9. The quantitative estimate of drug-likeness (QED) is 0.848. The van der Waals surface area contributed by atoms with Crippen molar-refractivity contribution in [3.63, 3.8) is 0 Å². The molecule has 0 saturated carbocycles. The highest BCUT2D eigenvalue weighted by Crippen LogP contribution is 2.21. The van der Waals surface area contributed by atoms with Crippen LogP contribution in [0, 0.1) is 5.82 Å². The molecule has 0 spiro atoms. The summed E-state index contributed by atoms with van der Waals surface area (Å²) in [5, 5.41) is 3.53. The molecule has 0 aromatic heterocycles. The van der Waals surface area contributed by atoms with Crippen molar-refractivity contribution in [3.05, 3.63) is 35.6 Å². The average Bonchev–Trinajstić information content (AvgIpc) is 2.70. The van der Waals surface area contributed by atoms with Gasteiger partial charge >= 0.3 is 0 Å². The summed E-state index contributed by atoms with van der Waals surface area (Å²) >= 11 is 1.99. The number of nitrogens with one attached hydrogen (secondary N) is 1. The van der Waals surface area contributed by atoms with Gasteiger partial charge in [0.25, 0.3) is 0 Å². The molecule has 15 heavy (non-hydrogen) atoms. The van der Waals surface area contributed by atoms with E-state index in [0.29, 0.717) is 6.04 Å². The van der Waals surface area contributed by atoms with Crippen molar-refractivity contribution in [1.82, 2.24) is 5.32 Å².